The number of carbonyl (C=O) groups is 1. The van der Waals surface area contributed by atoms with Gasteiger partial charge >= 0.3 is 6.09 Å². The van der Waals surface area contributed by atoms with E-state index in [1.54, 1.807) is 20.8 Å². The summed E-state index contributed by atoms with van der Waals surface area (Å²) in [5.74, 6) is 0. The maximum atomic E-state index is 11.5. The van der Waals surface area contributed by atoms with Crippen LogP contribution in [0.25, 0.3) is 0 Å². The molecular weight excluding hydrogens is 256 g/mol. The van der Waals surface area contributed by atoms with E-state index in [1.807, 2.05) is 0 Å². The van der Waals surface area contributed by atoms with E-state index in [4.69, 9.17) is 4.74 Å². The summed E-state index contributed by atoms with van der Waals surface area (Å²) in [6, 6.07) is 0.112. The SMILES string of the molecule is CC(C)(C)OC(=O)NCCN(C1CC1)S(C)(=O)=O. The molecule has 0 saturated heterocycles. The van der Waals surface area contributed by atoms with Gasteiger partial charge in [0, 0.05) is 19.1 Å². The molecule has 0 radical (unpaired) electrons. The van der Waals surface area contributed by atoms with Crippen LogP contribution in [-0.4, -0.2) is 49.8 Å². The number of ether oxygens (including phenoxy) is 1. The smallest absolute Gasteiger partial charge is 0.407 e. The van der Waals surface area contributed by atoms with Gasteiger partial charge in [0.2, 0.25) is 10.0 Å². The van der Waals surface area contributed by atoms with Crippen molar-refractivity contribution in [3.8, 4) is 0 Å². The number of hydrogen-bond donors (Lipinski definition) is 1. The van der Waals surface area contributed by atoms with E-state index in [0.717, 1.165) is 12.8 Å². The quantitative estimate of drug-likeness (QED) is 0.812. The second-order valence-corrected chi connectivity index (χ2v) is 7.47. The molecule has 1 saturated carbocycles. The lowest BCUT2D eigenvalue weighted by atomic mass is 10.2. The van der Waals surface area contributed by atoms with Crippen LogP contribution in [0.5, 0.6) is 0 Å². The van der Waals surface area contributed by atoms with Crippen LogP contribution in [0.3, 0.4) is 0 Å². The number of rotatable bonds is 5. The van der Waals surface area contributed by atoms with Crippen LogP contribution < -0.4 is 5.32 Å². The third kappa shape index (κ3) is 5.68. The number of alkyl carbamates (subject to hydrolysis) is 1. The van der Waals surface area contributed by atoms with Crippen LogP contribution >= 0.6 is 0 Å². The van der Waals surface area contributed by atoms with Crippen LogP contribution in [0.2, 0.25) is 0 Å². The van der Waals surface area contributed by atoms with Crippen molar-refractivity contribution in [3.63, 3.8) is 0 Å². The molecule has 0 spiro atoms. The standard InChI is InChI=1S/C11H22N2O4S/c1-11(2,3)17-10(14)12-7-8-13(9-5-6-9)18(4,15)16/h9H,5-8H2,1-4H3,(H,12,14). The summed E-state index contributed by atoms with van der Waals surface area (Å²) in [5, 5.41) is 2.56. The van der Waals surface area contributed by atoms with E-state index in [9.17, 15) is 13.2 Å². The Morgan fingerprint density at radius 2 is 1.94 bits per heavy atom. The molecule has 1 aliphatic carbocycles. The average molecular weight is 278 g/mol. The summed E-state index contributed by atoms with van der Waals surface area (Å²) >= 11 is 0. The fourth-order valence-corrected chi connectivity index (χ4v) is 2.74. The maximum Gasteiger partial charge on any atom is 0.407 e. The van der Waals surface area contributed by atoms with Crippen molar-refractivity contribution in [2.45, 2.75) is 45.3 Å². The van der Waals surface area contributed by atoms with Crippen LogP contribution in [-0.2, 0) is 14.8 Å². The Hall–Kier alpha value is -0.820. The highest BCUT2D eigenvalue weighted by atomic mass is 32.2. The molecule has 7 heteroatoms. The highest BCUT2D eigenvalue weighted by Gasteiger charge is 2.34. The minimum absolute atomic E-state index is 0.112. The molecule has 0 aromatic carbocycles. The Labute approximate surface area is 109 Å². The Balaban J connectivity index is 2.34. The Morgan fingerprint density at radius 3 is 2.33 bits per heavy atom. The molecule has 0 atom stereocenters. The molecule has 0 heterocycles. The van der Waals surface area contributed by atoms with Gasteiger partial charge in [0.05, 0.1) is 6.26 Å². The Kier molecular flexibility index (Phi) is 4.61. The first kappa shape index (κ1) is 15.2. The van der Waals surface area contributed by atoms with Gasteiger partial charge in [-0.05, 0) is 33.6 Å². The number of carbonyl (C=O) groups excluding carboxylic acids is 1. The summed E-state index contributed by atoms with van der Waals surface area (Å²) in [7, 11) is -3.19. The second-order valence-electron chi connectivity index (χ2n) is 5.53. The van der Waals surface area contributed by atoms with E-state index < -0.39 is 21.7 Å². The largest absolute Gasteiger partial charge is 0.444 e. The van der Waals surface area contributed by atoms with E-state index in [0.29, 0.717) is 6.54 Å². The van der Waals surface area contributed by atoms with Crippen molar-refractivity contribution in [1.82, 2.24) is 9.62 Å². The van der Waals surface area contributed by atoms with Crippen molar-refractivity contribution >= 4 is 16.1 Å². The number of hydrogen-bond acceptors (Lipinski definition) is 4. The summed E-state index contributed by atoms with van der Waals surface area (Å²) in [6.07, 6.45) is 2.48. The van der Waals surface area contributed by atoms with E-state index in [-0.39, 0.29) is 12.6 Å². The highest BCUT2D eigenvalue weighted by Crippen LogP contribution is 2.28. The molecule has 0 aromatic rings. The lowest BCUT2D eigenvalue weighted by Gasteiger charge is -2.22. The van der Waals surface area contributed by atoms with Gasteiger partial charge in [-0.1, -0.05) is 0 Å². The summed E-state index contributed by atoms with van der Waals surface area (Å²) in [6.45, 7) is 5.89. The third-order valence-electron chi connectivity index (χ3n) is 2.38. The van der Waals surface area contributed by atoms with Gasteiger partial charge in [-0.3, -0.25) is 0 Å². The topological polar surface area (TPSA) is 75.7 Å². The van der Waals surface area contributed by atoms with Gasteiger partial charge < -0.3 is 10.1 Å². The first-order valence-electron chi connectivity index (χ1n) is 6.03. The van der Waals surface area contributed by atoms with Gasteiger partial charge in [-0.15, -0.1) is 0 Å². The zero-order valence-electron chi connectivity index (χ0n) is 11.4. The van der Waals surface area contributed by atoms with E-state index >= 15 is 0 Å². The van der Waals surface area contributed by atoms with Gasteiger partial charge in [-0.25, -0.2) is 13.2 Å². The summed E-state index contributed by atoms with van der Waals surface area (Å²) in [5.41, 5.74) is -0.545. The van der Waals surface area contributed by atoms with Crippen molar-refractivity contribution in [2.24, 2.45) is 0 Å². The molecule has 1 N–H and O–H groups in total. The molecule has 1 fully saturated rings. The molecule has 106 valence electrons. The number of nitrogens with one attached hydrogen (secondary N) is 1. The minimum atomic E-state index is -3.19. The maximum absolute atomic E-state index is 11.5. The first-order valence-corrected chi connectivity index (χ1v) is 7.88. The molecule has 0 aromatic heterocycles. The number of sulfonamides is 1. The molecule has 0 bridgehead atoms. The first-order chi connectivity index (χ1) is 8.09. The van der Waals surface area contributed by atoms with Crippen molar-refractivity contribution in [1.29, 1.82) is 0 Å². The predicted molar refractivity (Wildman–Crippen MR) is 68.8 cm³/mol. The lowest BCUT2D eigenvalue weighted by molar-refractivity contribution is 0.0525. The molecule has 1 rings (SSSR count). The van der Waals surface area contributed by atoms with Crippen LogP contribution in [0.4, 0.5) is 4.79 Å². The number of amides is 1. The van der Waals surface area contributed by atoms with Crippen molar-refractivity contribution < 1.29 is 17.9 Å². The normalized spacial score (nSPS) is 16.7. The molecule has 1 amide bonds. The predicted octanol–water partition coefficient (Wildman–Crippen LogP) is 0.935. The third-order valence-corrected chi connectivity index (χ3v) is 3.71. The Morgan fingerprint density at radius 1 is 1.39 bits per heavy atom. The van der Waals surface area contributed by atoms with Gasteiger partial charge in [0.15, 0.2) is 0 Å². The van der Waals surface area contributed by atoms with E-state index in [2.05, 4.69) is 5.32 Å². The molecule has 0 aliphatic heterocycles. The van der Waals surface area contributed by atoms with Crippen LogP contribution in [0, 0.1) is 0 Å². The highest BCUT2D eigenvalue weighted by molar-refractivity contribution is 7.88. The van der Waals surface area contributed by atoms with Gasteiger partial charge in [0.25, 0.3) is 0 Å². The zero-order chi connectivity index (χ0) is 14.0. The van der Waals surface area contributed by atoms with Gasteiger partial charge in [-0.2, -0.15) is 4.31 Å². The number of nitrogens with zero attached hydrogens (tertiary/aromatic N) is 1. The molecular formula is C11H22N2O4S. The monoisotopic (exact) mass is 278 g/mol. The second kappa shape index (κ2) is 5.44. The molecule has 6 nitrogen and oxygen atoms in total. The molecule has 1 aliphatic rings. The average Bonchev–Trinajstić information content (AvgIpc) is 2.90. The summed E-state index contributed by atoms with van der Waals surface area (Å²) < 4.78 is 29.5. The van der Waals surface area contributed by atoms with E-state index in [1.165, 1.54) is 10.6 Å². The van der Waals surface area contributed by atoms with Crippen molar-refractivity contribution in [2.75, 3.05) is 19.3 Å². The fraction of sp³-hybridized carbons (Fsp3) is 0.909. The lowest BCUT2D eigenvalue weighted by Crippen LogP contribution is -2.40. The Bertz CT molecular complexity index is 396. The zero-order valence-corrected chi connectivity index (χ0v) is 12.2. The van der Waals surface area contributed by atoms with Gasteiger partial charge in [0.1, 0.15) is 5.60 Å². The summed E-state index contributed by atoms with van der Waals surface area (Å²) in [4.78, 5) is 11.4. The molecule has 0 unspecified atom stereocenters. The van der Waals surface area contributed by atoms with Crippen molar-refractivity contribution in [3.05, 3.63) is 0 Å². The van der Waals surface area contributed by atoms with Crippen LogP contribution in [0.1, 0.15) is 33.6 Å². The molecule has 18 heavy (non-hydrogen) atoms. The van der Waals surface area contributed by atoms with Crippen LogP contribution in [0.15, 0.2) is 0 Å². The minimum Gasteiger partial charge on any atom is -0.444 e. The fourth-order valence-electron chi connectivity index (χ4n) is 1.56.